The van der Waals surface area contributed by atoms with Gasteiger partial charge in [-0.15, -0.1) is 10.2 Å². The largest absolute Gasteiger partial charge is 0.497 e. The van der Waals surface area contributed by atoms with Crippen molar-refractivity contribution in [3.05, 3.63) is 89.2 Å². The Kier molecular flexibility index (Phi) is 5.32. The van der Waals surface area contributed by atoms with E-state index in [1.807, 2.05) is 66.7 Å². The predicted octanol–water partition coefficient (Wildman–Crippen LogP) is 4.18. The minimum absolute atomic E-state index is 0.0967. The molecule has 0 saturated carbocycles. The fourth-order valence-electron chi connectivity index (χ4n) is 3.63. The summed E-state index contributed by atoms with van der Waals surface area (Å²) in [5.41, 5.74) is 2.44. The molecule has 0 unspecified atom stereocenters. The Balaban J connectivity index is 1.55. The third-order valence-corrected chi connectivity index (χ3v) is 5.35. The van der Waals surface area contributed by atoms with Crippen LogP contribution in [0.2, 0.25) is 0 Å². The highest BCUT2D eigenvalue weighted by molar-refractivity contribution is 5.81. The van der Waals surface area contributed by atoms with Crippen LogP contribution in [0.15, 0.2) is 82.1 Å². The topological polar surface area (TPSA) is 92.3 Å². The van der Waals surface area contributed by atoms with Crippen LogP contribution in [-0.4, -0.2) is 34.0 Å². The van der Waals surface area contributed by atoms with E-state index in [-0.39, 0.29) is 12.1 Å². The molecule has 8 nitrogen and oxygen atoms in total. The van der Waals surface area contributed by atoms with Gasteiger partial charge in [0, 0.05) is 22.7 Å². The maximum absolute atomic E-state index is 13.5. The molecular formula is C25H20N4O4. The zero-order valence-electron chi connectivity index (χ0n) is 18.1. The lowest BCUT2D eigenvalue weighted by Crippen LogP contribution is -2.23. The standard InChI is InChI=1S/C25H20N4O4/c1-31-19-9-5-16(6-10-19)21-14-18-4-3-13-26-23(18)29(25(21)30)15-22-27-28-24(33-22)17-7-11-20(32-2)12-8-17/h3-14H,15H2,1-2H3. The number of aromatic nitrogens is 4. The van der Waals surface area contributed by atoms with Gasteiger partial charge >= 0.3 is 0 Å². The number of hydrogen-bond donors (Lipinski definition) is 0. The first kappa shape index (κ1) is 20.4. The van der Waals surface area contributed by atoms with Crippen molar-refractivity contribution in [3.63, 3.8) is 0 Å². The summed E-state index contributed by atoms with van der Waals surface area (Å²) in [6.07, 6.45) is 1.65. The van der Waals surface area contributed by atoms with Crippen molar-refractivity contribution in [1.82, 2.24) is 19.7 Å². The third-order valence-electron chi connectivity index (χ3n) is 5.35. The van der Waals surface area contributed by atoms with E-state index in [2.05, 4.69) is 15.2 Å². The summed E-state index contributed by atoms with van der Waals surface area (Å²) >= 11 is 0. The molecule has 0 bridgehead atoms. The van der Waals surface area contributed by atoms with Crippen LogP contribution < -0.4 is 15.0 Å². The highest BCUT2D eigenvalue weighted by atomic mass is 16.5. The average molecular weight is 440 g/mol. The van der Waals surface area contributed by atoms with Gasteiger partial charge in [0.1, 0.15) is 23.7 Å². The van der Waals surface area contributed by atoms with Crippen LogP contribution in [0.4, 0.5) is 0 Å². The van der Waals surface area contributed by atoms with Crippen molar-refractivity contribution in [2.75, 3.05) is 14.2 Å². The van der Waals surface area contributed by atoms with Gasteiger partial charge in [0.15, 0.2) is 0 Å². The normalized spacial score (nSPS) is 11.0. The summed E-state index contributed by atoms with van der Waals surface area (Å²) in [6, 6.07) is 20.3. The second-order valence-corrected chi connectivity index (χ2v) is 7.32. The highest BCUT2D eigenvalue weighted by Gasteiger charge is 2.16. The number of hydrogen-bond acceptors (Lipinski definition) is 7. The number of methoxy groups -OCH3 is 2. The first-order valence-corrected chi connectivity index (χ1v) is 10.3. The Hall–Kier alpha value is -4.46. The van der Waals surface area contributed by atoms with Gasteiger partial charge < -0.3 is 13.9 Å². The first-order valence-electron chi connectivity index (χ1n) is 10.3. The molecule has 3 heterocycles. The minimum Gasteiger partial charge on any atom is -0.497 e. The molecule has 0 spiro atoms. The maximum atomic E-state index is 13.5. The molecule has 0 aliphatic rings. The van der Waals surface area contributed by atoms with Gasteiger partial charge in [-0.2, -0.15) is 0 Å². The zero-order chi connectivity index (χ0) is 22.8. The monoisotopic (exact) mass is 440 g/mol. The second-order valence-electron chi connectivity index (χ2n) is 7.32. The average Bonchev–Trinajstić information content (AvgIpc) is 3.34. The van der Waals surface area contributed by atoms with Gasteiger partial charge in [-0.25, -0.2) is 4.98 Å². The van der Waals surface area contributed by atoms with E-state index in [9.17, 15) is 4.79 Å². The molecule has 164 valence electrons. The van der Waals surface area contributed by atoms with Crippen LogP contribution in [0.5, 0.6) is 11.5 Å². The first-order chi connectivity index (χ1) is 16.2. The molecule has 0 atom stereocenters. The molecule has 0 amide bonds. The van der Waals surface area contributed by atoms with Crippen molar-refractivity contribution >= 4 is 11.0 Å². The Bertz CT molecular complexity index is 1470. The molecule has 2 aromatic carbocycles. The van der Waals surface area contributed by atoms with Crippen molar-refractivity contribution in [2.45, 2.75) is 6.54 Å². The Morgan fingerprint density at radius 3 is 2.21 bits per heavy atom. The van der Waals surface area contributed by atoms with Crippen molar-refractivity contribution in [1.29, 1.82) is 0 Å². The SMILES string of the molecule is COc1ccc(-c2nnc(Cn3c(=O)c(-c4ccc(OC)cc4)cc4cccnc43)o2)cc1. The number of ether oxygens (including phenoxy) is 2. The molecule has 33 heavy (non-hydrogen) atoms. The van der Waals surface area contributed by atoms with Gasteiger partial charge in [0.2, 0.25) is 11.8 Å². The molecule has 0 saturated heterocycles. The van der Waals surface area contributed by atoms with Gasteiger partial charge in [-0.1, -0.05) is 12.1 Å². The van der Waals surface area contributed by atoms with E-state index in [0.29, 0.717) is 23.0 Å². The van der Waals surface area contributed by atoms with Crippen LogP contribution >= 0.6 is 0 Å². The summed E-state index contributed by atoms with van der Waals surface area (Å²) in [7, 11) is 3.21. The summed E-state index contributed by atoms with van der Waals surface area (Å²) in [5, 5.41) is 9.12. The van der Waals surface area contributed by atoms with Gasteiger partial charge in [0.25, 0.3) is 5.56 Å². The zero-order valence-corrected chi connectivity index (χ0v) is 18.1. The molecule has 0 N–H and O–H groups in total. The van der Waals surface area contributed by atoms with E-state index in [4.69, 9.17) is 13.9 Å². The summed E-state index contributed by atoms with van der Waals surface area (Å²) in [5.74, 6) is 2.13. The fourth-order valence-corrected chi connectivity index (χ4v) is 3.63. The van der Waals surface area contributed by atoms with Gasteiger partial charge in [0.05, 0.1) is 14.2 Å². The third kappa shape index (κ3) is 3.94. The predicted molar refractivity (Wildman–Crippen MR) is 123 cm³/mol. The van der Waals surface area contributed by atoms with E-state index in [1.165, 1.54) is 0 Å². The summed E-state index contributed by atoms with van der Waals surface area (Å²) in [6.45, 7) is 0.0967. The summed E-state index contributed by atoms with van der Waals surface area (Å²) < 4.78 is 17.8. The molecule has 3 aromatic heterocycles. The molecule has 0 aliphatic carbocycles. The summed E-state index contributed by atoms with van der Waals surface area (Å²) in [4.78, 5) is 17.9. The van der Waals surface area contributed by atoms with Crippen molar-refractivity contribution < 1.29 is 13.9 Å². The number of pyridine rings is 2. The molecule has 5 aromatic rings. The molecule has 5 rings (SSSR count). The molecule has 8 heteroatoms. The lowest BCUT2D eigenvalue weighted by atomic mass is 10.1. The van der Waals surface area contributed by atoms with Crippen LogP contribution in [0, 0.1) is 0 Å². The van der Waals surface area contributed by atoms with Crippen molar-refractivity contribution in [2.24, 2.45) is 0 Å². The highest BCUT2D eigenvalue weighted by Crippen LogP contribution is 2.24. The lowest BCUT2D eigenvalue weighted by molar-refractivity contribution is 0.414. The van der Waals surface area contributed by atoms with E-state index in [1.54, 1.807) is 25.0 Å². The van der Waals surface area contributed by atoms with Crippen LogP contribution in [0.1, 0.15) is 5.89 Å². The van der Waals surface area contributed by atoms with Crippen LogP contribution in [0.3, 0.4) is 0 Å². The maximum Gasteiger partial charge on any atom is 0.260 e. The van der Waals surface area contributed by atoms with Crippen LogP contribution in [0.25, 0.3) is 33.6 Å². The van der Waals surface area contributed by atoms with Crippen LogP contribution in [-0.2, 0) is 6.54 Å². The fraction of sp³-hybridized carbons (Fsp3) is 0.120. The Labute approximate surface area is 189 Å². The molecule has 0 aliphatic heterocycles. The second kappa shape index (κ2) is 8.58. The number of fused-ring (bicyclic) bond motifs is 1. The van der Waals surface area contributed by atoms with Gasteiger partial charge in [-0.3, -0.25) is 9.36 Å². The molecular weight excluding hydrogens is 420 g/mol. The quantitative estimate of drug-likeness (QED) is 0.391. The lowest BCUT2D eigenvalue weighted by Gasteiger charge is -2.11. The van der Waals surface area contributed by atoms with E-state index >= 15 is 0 Å². The Morgan fingerprint density at radius 2 is 1.55 bits per heavy atom. The van der Waals surface area contributed by atoms with E-state index < -0.39 is 0 Å². The number of rotatable bonds is 6. The molecule has 0 fully saturated rings. The molecule has 0 radical (unpaired) electrons. The minimum atomic E-state index is -0.199. The number of nitrogens with zero attached hydrogens (tertiary/aromatic N) is 4. The Morgan fingerprint density at radius 1 is 0.879 bits per heavy atom. The van der Waals surface area contributed by atoms with Crippen molar-refractivity contribution in [3.8, 4) is 34.1 Å². The number of benzene rings is 2. The van der Waals surface area contributed by atoms with Gasteiger partial charge in [-0.05, 0) is 60.2 Å². The smallest absolute Gasteiger partial charge is 0.260 e. The van der Waals surface area contributed by atoms with E-state index in [0.717, 1.165) is 28.0 Å².